The first-order valence-corrected chi connectivity index (χ1v) is 12.6. The lowest BCUT2D eigenvalue weighted by Crippen LogP contribution is -2.38. The number of anilines is 2. The van der Waals surface area contributed by atoms with Crippen molar-refractivity contribution in [2.75, 3.05) is 18.4 Å². The number of benzene rings is 2. The summed E-state index contributed by atoms with van der Waals surface area (Å²) in [5.74, 6) is -1.24. The zero-order valence-corrected chi connectivity index (χ0v) is 20.2. The third kappa shape index (κ3) is 5.44. The Hall–Kier alpha value is -3.08. The minimum absolute atomic E-state index is 0.000510. The van der Waals surface area contributed by atoms with Gasteiger partial charge in [-0.1, -0.05) is 23.7 Å². The van der Waals surface area contributed by atoms with Crippen LogP contribution in [0.15, 0.2) is 53.7 Å². The highest BCUT2D eigenvalue weighted by Crippen LogP contribution is 2.33. The molecule has 0 saturated carbocycles. The molecule has 35 heavy (non-hydrogen) atoms. The van der Waals surface area contributed by atoms with E-state index in [0.29, 0.717) is 25.9 Å². The van der Waals surface area contributed by atoms with Crippen molar-refractivity contribution in [3.63, 3.8) is 0 Å². The molecule has 0 atom stereocenters. The van der Waals surface area contributed by atoms with Gasteiger partial charge in [-0.05, 0) is 61.6 Å². The van der Waals surface area contributed by atoms with Gasteiger partial charge in [0.25, 0.3) is 5.91 Å². The quantitative estimate of drug-likeness (QED) is 0.440. The van der Waals surface area contributed by atoms with E-state index in [1.54, 1.807) is 17.0 Å². The Labute approximate surface area is 206 Å². The third-order valence-electron chi connectivity index (χ3n) is 6.06. The maximum atomic E-state index is 14.4. The average molecular weight is 522 g/mol. The predicted molar refractivity (Wildman–Crippen MR) is 128 cm³/mol. The Kier molecular flexibility index (Phi) is 7.07. The molecule has 1 fully saturated rings. The second-order valence-corrected chi connectivity index (χ2v) is 10.1. The summed E-state index contributed by atoms with van der Waals surface area (Å²) in [4.78, 5) is 18.8. The highest BCUT2D eigenvalue weighted by atomic mass is 35.5. The van der Waals surface area contributed by atoms with Crippen LogP contribution in [0.1, 0.15) is 40.2 Å². The van der Waals surface area contributed by atoms with Gasteiger partial charge in [0, 0.05) is 29.9 Å². The van der Waals surface area contributed by atoms with Crippen LogP contribution in [0.3, 0.4) is 0 Å². The Morgan fingerprint density at radius 3 is 2.43 bits per heavy atom. The number of rotatable bonds is 5. The zero-order chi connectivity index (χ0) is 25.3. The van der Waals surface area contributed by atoms with Crippen molar-refractivity contribution in [2.24, 2.45) is 0 Å². The van der Waals surface area contributed by atoms with Crippen LogP contribution in [0.4, 0.5) is 20.2 Å². The summed E-state index contributed by atoms with van der Waals surface area (Å²) in [6.45, 7) is 2.17. The molecule has 1 aliphatic heterocycles. The first kappa shape index (κ1) is 25.0. The Bertz CT molecular complexity index is 1380. The molecule has 1 aromatic heterocycles. The van der Waals surface area contributed by atoms with Gasteiger partial charge in [0.05, 0.1) is 16.9 Å². The number of piperidine rings is 1. The molecule has 1 saturated heterocycles. The Balaban J connectivity index is 1.64. The first-order valence-electron chi connectivity index (χ1n) is 10.8. The van der Waals surface area contributed by atoms with E-state index in [4.69, 9.17) is 11.6 Å². The summed E-state index contributed by atoms with van der Waals surface area (Å²) >= 11 is 5.97. The monoisotopic (exact) mass is 521 g/mol. The van der Waals surface area contributed by atoms with E-state index in [1.807, 2.05) is 0 Å². The molecule has 1 aliphatic rings. The molecule has 11 heteroatoms. The maximum Gasteiger partial charge on any atom is 0.312 e. The van der Waals surface area contributed by atoms with Crippen molar-refractivity contribution in [1.29, 1.82) is 0 Å². The van der Waals surface area contributed by atoms with Crippen LogP contribution in [0.25, 0.3) is 0 Å². The molecule has 184 valence electrons. The van der Waals surface area contributed by atoms with E-state index >= 15 is 0 Å². The number of likely N-dealkylation sites (tertiary alicyclic amines) is 1. The summed E-state index contributed by atoms with van der Waals surface area (Å²) in [7, 11) is -4.70. The van der Waals surface area contributed by atoms with Crippen LogP contribution < -0.4 is 5.32 Å². The van der Waals surface area contributed by atoms with Crippen molar-refractivity contribution >= 4 is 39.0 Å². The fourth-order valence-corrected chi connectivity index (χ4v) is 5.07. The number of carbonyl (C=O) groups is 1. The van der Waals surface area contributed by atoms with Crippen molar-refractivity contribution in [3.8, 4) is 0 Å². The van der Waals surface area contributed by atoms with Crippen LogP contribution in [-0.4, -0.2) is 41.9 Å². The highest BCUT2D eigenvalue weighted by Gasteiger charge is 2.29. The first-order chi connectivity index (χ1) is 16.5. The van der Waals surface area contributed by atoms with Gasteiger partial charge in [0.15, 0.2) is 5.03 Å². The fraction of sp³-hybridized carbons (Fsp3) is 0.250. The van der Waals surface area contributed by atoms with Crippen LogP contribution in [-0.2, 0) is 10.1 Å². The van der Waals surface area contributed by atoms with Crippen LogP contribution in [0.5, 0.6) is 0 Å². The molecular weight excluding hydrogens is 500 g/mol. The van der Waals surface area contributed by atoms with Crippen LogP contribution in [0, 0.1) is 18.6 Å². The van der Waals surface area contributed by atoms with Gasteiger partial charge in [0.2, 0.25) is 0 Å². The molecule has 0 unspecified atom stereocenters. The van der Waals surface area contributed by atoms with Crippen molar-refractivity contribution in [3.05, 3.63) is 82.0 Å². The van der Waals surface area contributed by atoms with Gasteiger partial charge >= 0.3 is 10.1 Å². The second-order valence-electron chi connectivity index (χ2n) is 8.32. The second kappa shape index (κ2) is 9.88. The number of amides is 1. The number of hydrogen-bond donors (Lipinski definition) is 2. The van der Waals surface area contributed by atoms with E-state index < -0.39 is 26.9 Å². The maximum absolute atomic E-state index is 14.4. The minimum atomic E-state index is -4.70. The molecule has 4 rings (SSSR count). The van der Waals surface area contributed by atoms with Crippen LogP contribution >= 0.6 is 11.6 Å². The summed E-state index contributed by atoms with van der Waals surface area (Å²) in [6, 6.07) is 10.1. The van der Waals surface area contributed by atoms with E-state index in [1.165, 1.54) is 31.2 Å². The normalized spacial score (nSPS) is 14.7. The number of carbonyl (C=O) groups excluding carboxylic acids is 1. The lowest BCUT2D eigenvalue weighted by molar-refractivity contribution is 0.0713. The average Bonchev–Trinajstić information content (AvgIpc) is 2.82. The molecule has 7 nitrogen and oxygen atoms in total. The van der Waals surface area contributed by atoms with E-state index in [9.17, 15) is 26.5 Å². The van der Waals surface area contributed by atoms with Crippen molar-refractivity contribution in [1.82, 2.24) is 9.88 Å². The Morgan fingerprint density at radius 2 is 1.80 bits per heavy atom. The molecule has 0 radical (unpaired) electrons. The standard InChI is InChI=1S/C24H22ClF2N3O4S/c1-14-22(29-21-12-17(25)4-7-20(21)27)19(13-28-23(14)35(32,33)34)24(31)30-10-8-16(9-11-30)15-2-5-18(26)6-3-15/h2-7,12-13,16H,8-11H2,1H3,(H,28,29)(H,32,33,34). The van der Waals surface area contributed by atoms with Gasteiger partial charge in [-0.25, -0.2) is 13.8 Å². The molecule has 0 bridgehead atoms. The molecule has 2 aromatic carbocycles. The van der Waals surface area contributed by atoms with E-state index in [0.717, 1.165) is 17.8 Å². The lowest BCUT2D eigenvalue weighted by Gasteiger charge is -2.33. The number of aromatic nitrogens is 1. The Morgan fingerprint density at radius 1 is 1.14 bits per heavy atom. The van der Waals surface area contributed by atoms with Gasteiger partial charge in [0.1, 0.15) is 11.6 Å². The van der Waals surface area contributed by atoms with Crippen molar-refractivity contribution in [2.45, 2.75) is 30.7 Å². The lowest BCUT2D eigenvalue weighted by atomic mass is 9.89. The number of pyridine rings is 1. The molecule has 2 heterocycles. The number of hydrogen-bond acceptors (Lipinski definition) is 5. The minimum Gasteiger partial charge on any atom is -0.352 e. The molecule has 3 aromatic rings. The fourth-order valence-electron chi connectivity index (χ4n) is 4.23. The summed E-state index contributed by atoms with van der Waals surface area (Å²) in [6.07, 6.45) is 2.35. The molecular formula is C24H22ClF2N3O4S. The molecule has 1 amide bonds. The van der Waals surface area contributed by atoms with Gasteiger partial charge in [-0.15, -0.1) is 0 Å². The third-order valence-corrected chi connectivity index (χ3v) is 7.20. The highest BCUT2D eigenvalue weighted by molar-refractivity contribution is 7.85. The van der Waals surface area contributed by atoms with Crippen LogP contribution in [0.2, 0.25) is 5.02 Å². The number of nitrogens with zero attached hydrogens (tertiary/aromatic N) is 2. The van der Waals surface area contributed by atoms with Gasteiger partial charge < -0.3 is 10.2 Å². The zero-order valence-electron chi connectivity index (χ0n) is 18.6. The SMILES string of the molecule is Cc1c(S(=O)(=O)O)ncc(C(=O)N2CCC(c3ccc(F)cc3)CC2)c1Nc1cc(Cl)ccc1F. The largest absolute Gasteiger partial charge is 0.352 e. The molecule has 2 N–H and O–H groups in total. The molecule has 0 spiro atoms. The summed E-state index contributed by atoms with van der Waals surface area (Å²) < 4.78 is 60.8. The summed E-state index contributed by atoms with van der Waals surface area (Å²) in [5.41, 5.74) is 0.900. The molecule has 0 aliphatic carbocycles. The van der Waals surface area contributed by atoms with Gasteiger partial charge in [-0.2, -0.15) is 8.42 Å². The van der Waals surface area contributed by atoms with E-state index in [2.05, 4.69) is 10.3 Å². The topological polar surface area (TPSA) is 99.6 Å². The number of nitrogens with one attached hydrogen (secondary N) is 1. The predicted octanol–water partition coefficient (Wildman–Crippen LogP) is 5.33. The summed E-state index contributed by atoms with van der Waals surface area (Å²) in [5, 5.41) is 2.35. The number of halogens is 3. The van der Waals surface area contributed by atoms with E-state index in [-0.39, 0.29) is 39.3 Å². The smallest absolute Gasteiger partial charge is 0.312 e. The van der Waals surface area contributed by atoms with Gasteiger partial charge in [-0.3, -0.25) is 9.35 Å². The van der Waals surface area contributed by atoms with Crippen molar-refractivity contribution < 1.29 is 26.5 Å².